The topological polar surface area (TPSA) is 81.6 Å². The lowest BCUT2D eigenvalue weighted by atomic mass is 10.1. The fourth-order valence-corrected chi connectivity index (χ4v) is 6.11. The number of rotatable bonds is 10. The highest BCUT2D eigenvalue weighted by atomic mass is 32.2. The van der Waals surface area contributed by atoms with E-state index in [4.69, 9.17) is 9.47 Å². The molecular weight excluding hydrogens is 534 g/mol. The number of carbonyl (C=O) groups is 2. The van der Waals surface area contributed by atoms with Gasteiger partial charge >= 0.3 is 0 Å². The van der Waals surface area contributed by atoms with Crippen LogP contribution in [0, 0.1) is 0 Å². The third kappa shape index (κ3) is 5.74. The molecule has 1 aromatic heterocycles. The van der Waals surface area contributed by atoms with Gasteiger partial charge in [-0.3, -0.25) is 9.59 Å². The van der Waals surface area contributed by atoms with Crippen molar-refractivity contribution in [2.75, 3.05) is 24.9 Å². The van der Waals surface area contributed by atoms with Gasteiger partial charge in [-0.2, -0.15) is 0 Å². The Morgan fingerprint density at radius 3 is 2.17 bits per heavy atom. The fraction of sp³-hybridized carbons (Fsp3) is 0.212. The molecule has 0 fully saturated rings. The van der Waals surface area contributed by atoms with Crippen molar-refractivity contribution in [2.24, 2.45) is 0 Å². The molecule has 0 saturated carbocycles. The molecule has 5 rings (SSSR count). The van der Waals surface area contributed by atoms with Gasteiger partial charge in [0, 0.05) is 44.6 Å². The van der Waals surface area contributed by atoms with E-state index in [0.717, 1.165) is 28.0 Å². The van der Waals surface area contributed by atoms with E-state index in [1.165, 1.54) is 36.9 Å². The maximum Gasteiger partial charge on any atom is 0.263 e. The van der Waals surface area contributed by atoms with E-state index in [1.807, 2.05) is 43.3 Å². The Hall–Kier alpha value is -4.43. The Morgan fingerprint density at radius 2 is 1.46 bits per heavy atom. The monoisotopic (exact) mass is 567 g/mol. The molecule has 8 heteroatoms. The number of fused-ring (bicyclic) bond motifs is 3. The number of para-hydroxylation sites is 1. The van der Waals surface area contributed by atoms with Gasteiger partial charge in [0.25, 0.3) is 5.91 Å². The van der Waals surface area contributed by atoms with Gasteiger partial charge in [-0.1, -0.05) is 37.3 Å². The number of methoxy groups -OCH3 is 2. The summed E-state index contributed by atoms with van der Waals surface area (Å²) in [6.07, 6.45) is 0.642. The molecule has 4 aromatic carbocycles. The van der Waals surface area contributed by atoms with Crippen molar-refractivity contribution in [1.29, 1.82) is 0 Å². The van der Waals surface area contributed by atoms with Crippen LogP contribution < -0.4 is 20.1 Å². The van der Waals surface area contributed by atoms with E-state index in [2.05, 4.69) is 52.5 Å². The minimum absolute atomic E-state index is 0.0655. The van der Waals surface area contributed by atoms with Crippen molar-refractivity contribution >= 4 is 56.8 Å². The second kappa shape index (κ2) is 12.4. The largest absolute Gasteiger partial charge is 0.496 e. The predicted octanol–water partition coefficient (Wildman–Crippen LogP) is 7.59. The number of anilines is 2. The second-order valence-electron chi connectivity index (χ2n) is 9.52. The van der Waals surface area contributed by atoms with Crippen molar-refractivity contribution < 1.29 is 19.1 Å². The molecule has 0 aliphatic heterocycles. The molecule has 1 unspecified atom stereocenters. The molecule has 5 aromatic rings. The predicted molar refractivity (Wildman–Crippen MR) is 168 cm³/mol. The zero-order valence-corrected chi connectivity index (χ0v) is 24.4. The van der Waals surface area contributed by atoms with Crippen LogP contribution in [0.4, 0.5) is 11.4 Å². The molecule has 0 saturated heterocycles. The van der Waals surface area contributed by atoms with Crippen LogP contribution in [0.25, 0.3) is 21.8 Å². The number of amides is 2. The van der Waals surface area contributed by atoms with Gasteiger partial charge in [0.1, 0.15) is 17.1 Å². The summed E-state index contributed by atoms with van der Waals surface area (Å²) < 4.78 is 13.0. The zero-order valence-electron chi connectivity index (χ0n) is 23.6. The summed E-state index contributed by atoms with van der Waals surface area (Å²) in [6.45, 7) is 5.01. The number of aromatic nitrogens is 1. The number of carbonyl (C=O) groups excluding carboxylic acids is 2. The SMILES string of the molecule is CCC(Sc1cccc(NC(=O)c2c(OC)cccc2OC)c1)C(=O)Nc1ccc2c(c1)c1ccccc1n2CC. The first-order valence-electron chi connectivity index (χ1n) is 13.6. The molecule has 2 N–H and O–H groups in total. The highest BCUT2D eigenvalue weighted by Gasteiger charge is 2.21. The number of nitrogens with zero attached hydrogens (tertiary/aromatic N) is 1. The number of thioether (sulfide) groups is 1. The van der Waals surface area contributed by atoms with Crippen molar-refractivity contribution in [3.05, 3.63) is 90.5 Å². The van der Waals surface area contributed by atoms with Crippen molar-refractivity contribution in [2.45, 2.75) is 37.0 Å². The summed E-state index contributed by atoms with van der Waals surface area (Å²) in [5, 5.41) is 8.03. The molecule has 1 heterocycles. The van der Waals surface area contributed by atoms with Gasteiger partial charge in [-0.25, -0.2) is 0 Å². The average Bonchev–Trinajstić information content (AvgIpc) is 3.32. The van der Waals surface area contributed by atoms with Crippen LogP contribution in [-0.4, -0.2) is 35.9 Å². The highest BCUT2D eigenvalue weighted by Crippen LogP contribution is 2.33. The summed E-state index contributed by atoms with van der Waals surface area (Å²) in [6, 6.07) is 27.1. The van der Waals surface area contributed by atoms with E-state index in [0.29, 0.717) is 29.2 Å². The number of hydrogen-bond acceptors (Lipinski definition) is 5. The van der Waals surface area contributed by atoms with Crippen LogP contribution in [0.2, 0.25) is 0 Å². The van der Waals surface area contributed by atoms with Crippen molar-refractivity contribution in [3.8, 4) is 11.5 Å². The Morgan fingerprint density at radius 1 is 0.780 bits per heavy atom. The molecule has 7 nitrogen and oxygen atoms in total. The van der Waals surface area contributed by atoms with Gasteiger partial charge in [0.05, 0.1) is 19.5 Å². The second-order valence-corrected chi connectivity index (χ2v) is 10.8. The first-order chi connectivity index (χ1) is 20.0. The first kappa shape index (κ1) is 28.1. The van der Waals surface area contributed by atoms with E-state index in [1.54, 1.807) is 18.2 Å². The van der Waals surface area contributed by atoms with Crippen LogP contribution in [0.3, 0.4) is 0 Å². The van der Waals surface area contributed by atoms with Crippen LogP contribution in [0.15, 0.2) is 89.8 Å². The van der Waals surface area contributed by atoms with Gasteiger partial charge in [-0.15, -0.1) is 11.8 Å². The Balaban J connectivity index is 1.32. The maximum absolute atomic E-state index is 13.4. The number of nitrogens with one attached hydrogen (secondary N) is 2. The molecule has 0 aliphatic rings. The molecule has 0 aliphatic carbocycles. The minimum Gasteiger partial charge on any atom is -0.496 e. The normalized spacial score (nSPS) is 11.8. The first-order valence-corrected chi connectivity index (χ1v) is 14.5. The third-order valence-corrected chi connectivity index (χ3v) is 8.40. The maximum atomic E-state index is 13.4. The Labute approximate surface area is 243 Å². The smallest absolute Gasteiger partial charge is 0.263 e. The highest BCUT2D eigenvalue weighted by molar-refractivity contribution is 8.00. The van der Waals surface area contributed by atoms with Gasteiger partial charge in [0.2, 0.25) is 5.91 Å². The summed E-state index contributed by atoms with van der Waals surface area (Å²) in [7, 11) is 3.03. The quantitative estimate of drug-likeness (QED) is 0.170. The molecule has 41 heavy (non-hydrogen) atoms. The summed E-state index contributed by atoms with van der Waals surface area (Å²) >= 11 is 1.47. The summed E-state index contributed by atoms with van der Waals surface area (Å²) in [5.74, 6) is 0.440. The van der Waals surface area contributed by atoms with Gasteiger partial charge < -0.3 is 24.7 Å². The molecule has 0 bridgehead atoms. The van der Waals surface area contributed by atoms with Crippen molar-refractivity contribution in [3.63, 3.8) is 0 Å². The van der Waals surface area contributed by atoms with Gasteiger partial charge in [0.15, 0.2) is 0 Å². The van der Waals surface area contributed by atoms with E-state index in [-0.39, 0.29) is 17.1 Å². The Kier molecular flexibility index (Phi) is 8.50. The number of benzene rings is 4. The van der Waals surface area contributed by atoms with E-state index < -0.39 is 0 Å². The van der Waals surface area contributed by atoms with E-state index in [9.17, 15) is 9.59 Å². The summed E-state index contributed by atoms with van der Waals surface area (Å²) in [5.41, 5.74) is 4.04. The van der Waals surface area contributed by atoms with Crippen LogP contribution in [0.5, 0.6) is 11.5 Å². The molecule has 210 valence electrons. The van der Waals surface area contributed by atoms with Crippen LogP contribution in [-0.2, 0) is 11.3 Å². The molecule has 0 spiro atoms. The van der Waals surface area contributed by atoms with E-state index >= 15 is 0 Å². The van der Waals surface area contributed by atoms with Crippen molar-refractivity contribution in [1.82, 2.24) is 4.57 Å². The lowest BCUT2D eigenvalue weighted by Crippen LogP contribution is -2.24. The Bertz CT molecular complexity index is 1710. The lowest BCUT2D eigenvalue weighted by Gasteiger charge is -2.16. The molecule has 2 amide bonds. The van der Waals surface area contributed by atoms with Gasteiger partial charge in [-0.05, 0) is 67.9 Å². The zero-order chi connectivity index (χ0) is 28.9. The number of ether oxygens (including phenoxy) is 2. The average molecular weight is 568 g/mol. The third-order valence-electron chi connectivity index (χ3n) is 7.04. The molecular formula is C33H33N3O4S. The van der Waals surface area contributed by atoms with Crippen LogP contribution in [0.1, 0.15) is 30.6 Å². The summed E-state index contributed by atoms with van der Waals surface area (Å²) in [4.78, 5) is 27.4. The lowest BCUT2D eigenvalue weighted by molar-refractivity contribution is -0.115. The minimum atomic E-state index is -0.342. The molecule has 0 radical (unpaired) electrons. The fourth-order valence-electron chi connectivity index (χ4n) is 5.10. The standard InChI is InChI=1S/C33H33N3O4S/c1-5-30(32(37)34-22-17-18-27-25(20-22)24-13-7-8-14-26(24)36(27)6-2)41-23-12-9-11-21(19-23)35-33(38)31-28(39-3)15-10-16-29(31)40-4/h7-20,30H,5-6H2,1-4H3,(H,34,37)(H,35,38). The van der Waals surface area contributed by atoms with Crippen LogP contribution >= 0.6 is 11.8 Å². The number of aryl methyl sites for hydroxylation is 1. The molecule has 1 atom stereocenters. The number of hydrogen-bond donors (Lipinski definition) is 2.